The van der Waals surface area contributed by atoms with Crippen LogP contribution in [0.25, 0.3) is 0 Å². The van der Waals surface area contributed by atoms with Gasteiger partial charge in [-0.25, -0.2) is 0 Å². The summed E-state index contributed by atoms with van der Waals surface area (Å²) < 4.78 is 10.0. The fourth-order valence-electron chi connectivity index (χ4n) is 0.539. The van der Waals surface area contributed by atoms with Crippen LogP contribution in [0.3, 0.4) is 0 Å². The maximum atomic E-state index is 8.41. The summed E-state index contributed by atoms with van der Waals surface area (Å²) in [6.07, 6.45) is 0. The zero-order valence-corrected chi connectivity index (χ0v) is 7.04. The summed E-state index contributed by atoms with van der Waals surface area (Å²) >= 11 is 0. The predicted molar refractivity (Wildman–Crippen MR) is 42.2 cm³/mol. The van der Waals surface area contributed by atoms with E-state index in [0.717, 1.165) is 0 Å². The third kappa shape index (κ3) is 5.82. The Kier molecular flexibility index (Phi) is 7.08. The van der Waals surface area contributed by atoms with Crippen molar-refractivity contribution in [3.05, 3.63) is 0 Å². The summed E-state index contributed by atoms with van der Waals surface area (Å²) in [7, 11) is 0. The Morgan fingerprint density at radius 1 is 1.18 bits per heavy atom. The molecular formula is C7H15NO3. The zero-order valence-electron chi connectivity index (χ0n) is 7.04. The molecule has 0 aliphatic rings. The highest BCUT2D eigenvalue weighted by atomic mass is 16.5. The van der Waals surface area contributed by atoms with E-state index < -0.39 is 0 Å². The zero-order chi connectivity index (χ0) is 8.53. The first-order valence-electron chi connectivity index (χ1n) is 3.70. The molecule has 0 saturated carbocycles. The molecule has 0 bridgehead atoms. The number of hydrogen-bond acceptors (Lipinski definition) is 4. The van der Waals surface area contributed by atoms with Crippen LogP contribution in [0.4, 0.5) is 0 Å². The molecule has 0 heterocycles. The Labute approximate surface area is 66.8 Å². The summed E-state index contributed by atoms with van der Waals surface area (Å²) in [5.41, 5.74) is 0.522. The molecule has 0 radical (unpaired) electrons. The Bertz CT molecular complexity index is 104. The van der Waals surface area contributed by atoms with E-state index in [1.54, 1.807) is 0 Å². The van der Waals surface area contributed by atoms with Crippen LogP contribution >= 0.6 is 0 Å². The minimum absolute atomic E-state index is 0.340. The van der Waals surface area contributed by atoms with Crippen LogP contribution in [0.1, 0.15) is 13.8 Å². The molecule has 4 nitrogen and oxygen atoms in total. The van der Waals surface area contributed by atoms with Crippen molar-refractivity contribution in [3.8, 4) is 0 Å². The highest BCUT2D eigenvalue weighted by molar-refractivity contribution is 5.86. The number of nitrogens with zero attached hydrogens (tertiary/aromatic N) is 1. The second-order valence-electron chi connectivity index (χ2n) is 1.94. The van der Waals surface area contributed by atoms with Crippen LogP contribution in [0.5, 0.6) is 0 Å². The van der Waals surface area contributed by atoms with Gasteiger partial charge in [-0.2, -0.15) is 0 Å². The van der Waals surface area contributed by atoms with Gasteiger partial charge in [0.15, 0.2) is 0 Å². The van der Waals surface area contributed by atoms with Crippen LogP contribution in [-0.4, -0.2) is 37.3 Å². The van der Waals surface area contributed by atoms with E-state index in [-0.39, 0.29) is 0 Å². The average Bonchev–Trinajstić information content (AvgIpc) is 2.05. The van der Waals surface area contributed by atoms with Crippen LogP contribution < -0.4 is 0 Å². The molecule has 1 N–H and O–H groups in total. The minimum Gasteiger partial charge on any atom is -0.411 e. The van der Waals surface area contributed by atoms with E-state index in [0.29, 0.717) is 32.1 Å². The second-order valence-corrected chi connectivity index (χ2v) is 1.94. The van der Waals surface area contributed by atoms with Crippen LogP contribution in [0.2, 0.25) is 0 Å². The van der Waals surface area contributed by atoms with Crippen LogP contribution in [0, 0.1) is 0 Å². The maximum absolute atomic E-state index is 8.41. The molecule has 0 atom stereocenters. The maximum Gasteiger partial charge on any atom is 0.108 e. The van der Waals surface area contributed by atoms with Crippen molar-refractivity contribution in [2.75, 3.05) is 26.4 Å². The Morgan fingerprint density at radius 3 is 1.91 bits per heavy atom. The minimum atomic E-state index is 0.340. The van der Waals surface area contributed by atoms with E-state index in [1.165, 1.54) is 0 Å². The van der Waals surface area contributed by atoms with Crippen LogP contribution in [-0.2, 0) is 9.47 Å². The molecular weight excluding hydrogens is 146 g/mol. The van der Waals surface area contributed by atoms with Crippen molar-refractivity contribution in [1.29, 1.82) is 0 Å². The SMILES string of the molecule is CCOCC(COCC)=NO. The van der Waals surface area contributed by atoms with Crippen molar-refractivity contribution in [2.45, 2.75) is 13.8 Å². The molecule has 11 heavy (non-hydrogen) atoms. The first-order valence-corrected chi connectivity index (χ1v) is 3.70. The molecule has 0 unspecified atom stereocenters. The lowest BCUT2D eigenvalue weighted by Gasteiger charge is -2.03. The molecule has 0 aromatic rings. The predicted octanol–water partition coefficient (Wildman–Crippen LogP) is 0.890. The lowest BCUT2D eigenvalue weighted by molar-refractivity contribution is 0.155. The van der Waals surface area contributed by atoms with Gasteiger partial charge in [0, 0.05) is 13.2 Å². The van der Waals surface area contributed by atoms with Crippen molar-refractivity contribution in [3.63, 3.8) is 0 Å². The van der Waals surface area contributed by atoms with E-state index in [9.17, 15) is 0 Å². The molecule has 0 aromatic heterocycles. The fourth-order valence-corrected chi connectivity index (χ4v) is 0.539. The van der Waals surface area contributed by atoms with Crippen molar-refractivity contribution >= 4 is 5.71 Å². The molecule has 66 valence electrons. The molecule has 0 saturated heterocycles. The van der Waals surface area contributed by atoms with Crippen molar-refractivity contribution in [1.82, 2.24) is 0 Å². The van der Waals surface area contributed by atoms with E-state index >= 15 is 0 Å². The molecule has 0 aliphatic carbocycles. The van der Waals surface area contributed by atoms with Gasteiger partial charge in [0.05, 0.1) is 13.2 Å². The summed E-state index contributed by atoms with van der Waals surface area (Å²) in [6.45, 7) is 5.68. The van der Waals surface area contributed by atoms with Crippen LogP contribution in [0.15, 0.2) is 5.16 Å². The number of rotatable bonds is 6. The largest absolute Gasteiger partial charge is 0.411 e. The normalized spacial score (nSPS) is 9.64. The second kappa shape index (κ2) is 7.50. The van der Waals surface area contributed by atoms with Gasteiger partial charge in [-0.1, -0.05) is 5.16 Å². The van der Waals surface area contributed by atoms with Crippen molar-refractivity contribution < 1.29 is 14.7 Å². The smallest absolute Gasteiger partial charge is 0.108 e. The molecule has 0 amide bonds. The molecule has 0 aromatic carbocycles. The summed E-state index contributed by atoms with van der Waals surface area (Å²) in [4.78, 5) is 0. The molecule has 0 aliphatic heterocycles. The first kappa shape index (κ1) is 10.4. The molecule has 0 fully saturated rings. The number of ether oxygens (including phenoxy) is 2. The third-order valence-corrected chi connectivity index (χ3v) is 1.09. The third-order valence-electron chi connectivity index (χ3n) is 1.09. The average molecular weight is 161 g/mol. The quantitative estimate of drug-likeness (QED) is 0.357. The van der Waals surface area contributed by atoms with Gasteiger partial charge >= 0.3 is 0 Å². The lowest BCUT2D eigenvalue weighted by atomic mass is 10.4. The lowest BCUT2D eigenvalue weighted by Crippen LogP contribution is -2.15. The van der Waals surface area contributed by atoms with E-state index in [2.05, 4.69) is 5.16 Å². The van der Waals surface area contributed by atoms with Gasteiger partial charge in [-0.15, -0.1) is 0 Å². The van der Waals surface area contributed by atoms with Gasteiger partial charge < -0.3 is 14.7 Å². The van der Waals surface area contributed by atoms with Gasteiger partial charge in [0.1, 0.15) is 5.71 Å². The molecule has 0 spiro atoms. The molecule has 4 heteroatoms. The van der Waals surface area contributed by atoms with E-state index in [4.69, 9.17) is 14.7 Å². The standard InChI is InChI=1S/C7H15NO3/c1-3-10-5-7(8-9)6-11-4-2/h9H,3-6H2,1-2H3. The number of oxime groups is 1. The van der Waals surface area contributed by atoms with Gasteiger partial charge in [0.2, 0.25) is 0 Å². The first-order chi connectivity index (χ1) is 5.35. The summed E-state index contributed by atoms with van der Waals surface area (Å²) in [5.74, 6) is 0. The molecule has 0 rings (SSSR count). The summed E-state index contributed by atoms with van der Waals surface area (Å²) in [5, 5.41) is 11.4. The Hall–Kier alpha value is -0.610. The van der Waals surface area contributed by atoms with Gasteiger partial charge in [-0.3, -0.25) is 0 Å². The number of hydrogen-bond donors (Lipinski definition) is 1. The fraction of sp³-hybridized carbons (Fsp3) is 0.857. The van der Waals surface area contributed by atoms with Gasteiger partial charge in [0.25, 0.3) is 0 Å². The Morgan fingerprint density at radius 2 is 1.64 bits per heavy atom. The highest BCUT2D eigenvalue weighted by Crippen LogP contribution is 1.83. The van der Waals surface area contributed by atoms with Gasteiger partial charge in [-0.05, 0) is 13.8 Å². The topological polar surface area (TPSA) is 51.0 Å². The summed E-state index contributed by atoms with van der Waals surface area (Å²) in [6, 6.07) is 0. The van der Waals surface area contributed by atoms with Crippen molar-refractivity contribution in [2.24, 2.45) is 5.16 Å². The van der Waals surface area contributed by atoms with E-state index in [1.807, 2.05) is 13.8 Å². The highest BCUT2D eigenvalue weighted by Gasteiger charge is 1.98. The monoisotopic (exact) mass is 161 g/mol. The Balaban J connectivity index is 3.43.